The first-order valence-electron chi connectivity index (χ1n) is 4.58. The number of hydrogen-bond donors (Lipinski definition) is 1. The summed E-state index contributed by atoms with van der Waals surface area (Å²) in [5.41, 5.74) is 0.193. The van der Waals surface area contributed by atoms with Crippen LogP contribution in [0, 0.1) is 0 Å². The summed E-state index contributed by atoms with van der Waals surface area (Å²) >= 11 is 1.88. The van der Waals surface area contributed by atoms with Crippen molar-refractivity contribution in [3.63, 3.8) is 0 Å². The Labute approximate surface area is 79.4 Å². The summed E-state index contributed by atoms with van der Waals surface area (Å²) in [7, 11) is 1.83. The Balaban J connectivity index is 2.04. The minimum absolute atomic E-state index is 0.193. The normalized spacial score (nSPS) is 20.5. The van der Waals surface area contributed by atoms with Crippen LogP contribution in [-0.4, -0.2) is 37.8 Å². The van der Waals surface area contributed by atoms with Gasteiger partial charge in [0.05, 0.1) is 5.60 Å². The minimum atomic E-state index is 0.193. The van der Waals surface area contributed by atoms with Crippen molar-refractivity contribution in [3.8, 4) is 0 Å². The van der Waals surface area contributed by atoms with Crippen LogP contribution in [-0.2, 0) is 4.74 Å². The highest BCUT2D eigenvalue weighted by Gasteiger charge is 2.36. The van der Waals surface area contributed by atoms with Gasteiger partial charge >= 0.3 is 0 Å². The van der Waals surface area contributed by atoms with E-state index in [0.29, 0.717) is 0 Å². The van der Waals surface area contributed by atoms with Crippen molar-refractivity contribution in [3.05, 3.63) is 0 Å². The van der Waals surface area contributed by atoms with Crippen molar-refractivity contribution in [2.24, 2.45) is 0 Å². The number of rotatable bonds is 6. The molecular weight excluding hydrogens is 170 g/mol. The third kappa shape index (κ3) is 2.64. The fourth-order valence-electron chi connectivity index (χ4n) is 1.51. The number of thioether (sulfide) groups is 1. The summed E-state index contributed by atoms with van der Waals surface area (Å²) in [5, 5.41) is 3.43. The highest BCUT2D eigenvalue weighted by Crippen LogP contribution is 2.34. The molecule has 1 aliphatic rings. The van der Waals surface area contributed by atoms with Crippen LogP contribution in [0.15, 0.2) is 0 Å². The van der Waals surface area contributed by atoms with E-state index in [4.69, 9.17) is 4.74 Å². The van der Waals surface area contributed by atoms with Gasteiger partial charge < -0.3 is 10.1 Å². The van der Waals surface area contributed by atoms with Gasteiger partial charge in [-0.1, -0.05) is 0 Å². The van der Waals surface area contributed by atoms with Gasteiger partial charge in [-0.25, -0.2) is 0 Å². The van der Waals surface area contributed by atoms with E-state index in [1.165, 1.54) is 25.0 Å². The molecule has 1 N–H and O–H groups in total. The fourth-order valence-corrected chi connectivity index (χ4v) is 1.86. The van der Waals surface area contributed by atoms with Crippen molar-refractivity contribution < 1.29 is 4.74 Å². The summed E-state index contributed by atoms with van der Waals surface area (Å²) in [4.78, 5) is 0. The lowest BCUT2D eigenvalue weighted by Crippen LogP contribution is -2.48. The zero-order valence-corrected chi connectivity index (χ0v) is 8.88. The molecule has 3 heteroatoms. The molecule has 1 aliphatic carbocycles. The van der Waals surface area contributed by atoms with E-state index in [9.17, 15) is 0 Å². The van der Waals surface area contributed by atoms with Crippen LogP contribution in [0.3, 0.4) is 0 Å². The zero-order valence-electron chi connectivity index (χ0n) is 8.06. The Morgan fingerprint density at radius 3 is 2.67 bits per heavy atom. The van der Waals surface area contributed by atoms with Crippen LogP contribution in [0.5, 0.6) is 0 Å². The maximum absolute atomic E-state index is 5.48. The van der Waals surface area contributed by atoms with Gasteiger partial charge in [0.15, 0.2) is 0 Å². The van der Waals surface area contributed by atoms with Crippen molar-refractivity contribution in [2.45, 2.75) is 24.9 Å². The van der Waals surface area contributed by atoms with Crippen LogP contribution in [0.1, 0.15) is 19.3 Å². The van der Waals surface area contributed by atoms with E-state index in [2.05, 4.69) is 11.6 Å². The topological polar surface area (TPSA) is 21.3 Å². The van der Waals surface area contributed by atoms with E-state index in [-0.39, 0.29) is 5.60 Å². The predicted octanol–water partition coefficient (Wildman–Crippen LogP) is 1.51. The summed E-state index contributed by atoms with van der Waals surface area (Å²) in [6.45, 7) is 2.14. The molecule has 0 atom stereocenters. The van der Waals surface area contributed by atoms with Crippen LogP contribution in [0.25, 0.3) is 0 Å². The second-order valence-electron chi connectivity index (χ2n) is 3.41. The first-order chi connectivity index (χ1) is 5.83. The molecule has 0 saturated heterocycles. The van der Waals surface area contributed by atoms with Gasteiger partial charge in [-0.05, 0) is 25.5 Å². The molecule has 0 spiro atoms. The summed E-state index contributed by atoms with van der Waals surface area (Å²) in [5.74, 6) is 1.19. The molecule has 0 heterocycles. The van der Waals surface area contributed by atoms with E-state index in [1.807, 2.05) is 18.9 Å². The summed E-state index contributed by atoms with van der Waals surface area (Å²) < 4.78 is 5.48. The molecule has 1 rings (SSSR count). The number of nitrogens with one attached hydrogen (secondary N) is 1. The van der Waals surface area contributed by atoms with Gasteiger partial charge in [-0.15, -0.1) is 0 Å². The standard InChI is InChI=1S/C9H19NOS/c1-11-9(4-3-5-9)8-10-6-7-12-2/h10H,3-8H2,1-2H3. The monoisotopic (exact) mass is 189 g/mol. The lowest BCUT2D eigenvalue weighted by atomic mass is 9.80. The molecule has 0 radical (unpaired) electrons. The molecule has 0 aromatic heterocycles. The molecule has 12 heavy (non-hydrogen) atoms. The van der Waals surface area contributed by atoms with Crippen molar-refractivity contribution in [2.75, 3.05) is 32.2 Å². The fraction of sp³-hybridized carbons (Fsp3) is 1.00. The molecule has 1 saturated carbocycles. The quantitative estimate of drug-likeness (QED) is 0.640. The van der Waals surface area contributed by atoms with Gasteiger partial charge in [0, 0.05) is 26.0 Å². The minimum Gasteiger partial charge on any atom is -0.377 e. The van der Waals surface area contributed by atoms with Crippen LogP contribution < -0.4 is 5.32 Å². The van der Waals surface area contributed by atoms with E-state index >= 15 is 0 Å². The lowest BCUT2D eigenvalue weighted by Gasteiger charge is -2.40. The van der Waals surface area contributed by atoms with Crippen LogP contribution >= 0.6 is 11.8 Å². The summed E-state index contributed by atoms with van der Waals surface area (Å²) in [6, 6.07) is 0. The number of methoxy groups -OCH3 is 1. The SMILES string of the molecule is COC1(CNCCSC)CCC1. The predicted molar refractivity (Wildman–Crippen MR) is 54.8 cm³/mol. The van der Waals surface area contributed by atoms with Crippen LogP contribution in [0.2, 0.25) is 0 Å². The Morgan fingerprint density at radius 2 is 2.25 bits per heavy atom. The zero-order chi connectivity index (χ0) is 8.86. The first kappa shape index (κ1) is 10.4. The van der Waals surface area contributed by atoms with Gasteiger partial charge in [-0.3, -0.25) is 0 Å². The molecule has 72 valence electrons. The molecule has 1 fully saturated rings. The average molecular weight is 189 g/mol. The maximum atomic E-state index is 5.48. The summed E-state index contributed by atoms with van der Waals surface area (Å²) in [6.07, 6.45) is 5.93. The van der Waals surface area contributed by atoms with E-state index in [0.717, 1.165) is 13.1 Å². The smallest absolute Gasteiger partial charge is 0.0802 e. The Morgan fingerprint density at radius 1 is 1.50 bits per heavy atom. The Bertz CT molecular complexity index is 120. The Kier molecular flexibility index (Phi) is 4.40. The maximum Gasteiger partial charge on any atom is 0.0802 e. The molecule has 0 unspecified atom stereocenters. The third-order valence-corrected chi connectivity index (χ3v) is 3.24. The highest BCUT2D eigenvalue weighted by atomic mass is 32.2. The van der Waals surface area contributed by atoms with Gasteiger partial charge in [0.2, 0.25) is 0 Å². The van der Waals surface area contributed by atoms with Gasteiger partial charge in [-0.2, -0.15) is 11.8 Å². The lowest BCUT2D eigenvalue weighted by molar-refractivity contribution is -0.0689. The second-order valence-corrected chi connectivity index (χ2v) is 4.40. The van der Waals surface area contributed by atoms with E-state index < -0.39 is 0 Å². The van der Waals surface area contributed by atoms with Crippen LogP contribution in [0.4, 0.5) is 0 Å². The molecule has 0 aromatic rings. The van der Waals surface area contributed by atoms with Crippen molar-refractivity contribution >= 4 is 11.8 Å². The third-order valence-electron chi connectivity index (χ3n) is 2.63. The molecule has 0 bridgehead atoms. The van der Waals surface area contributed by atoms with Gasteiger partial charge in [0.1, 0.15) is 0 Å². The van der Waals surface area contributed by atoms with Gasteiger partial charge in [0.25, 0.3) is 0 Å². The first-order valence-corrected chi connectivity index (χ1v) is 5.97. The Hall–Kier alpha value is 0.270. The molecule has 0 aliphatic heterocycles. The van der Waals surface area contributed by atoms with E-state index in [1.54, 1.807) is 0 Å². The second kappa shape index (κ2) is 5.10. The molecule has 0 aromatic carbocycles. The van der Waals surface area contributed by atoms with Crippen molar-refractivity contribution in [1.82, 2.24) is 5.32 Å². The number of ether oxygens (including phenoxy) is 1. The largest absolute Gasteiger partial charge is 0.377 e. The molecular formula is C9H19NOS. The number of hydrogen-bond acceptors (Lipinski definition) is 3. The molecule has 2 nitrogen and oxygen atoms in total. The average Bonchev–Trinajstić information content (AvgIpc) is 2.02. The molecule has 0 amide bonds. The highest BCUT2D eigenvalue weighted by molar-refractivity contribution is 7.98. The van der Waals surface area contributed by atoms with Crippen molar-refractivity contribution in [1.29, 1.82) is 0 Å².